The third-order valence-electron chi connectivity index (χ3n) is 2.81. The standard InChI is InChI=1S/C11H17N3O2/c12-11(15)10-1-2-14(9-10)4-3-13-5-7-16-8-6-13/h1-2,9H,3-8H2,(H2,12,15). The van der Waals surface area contributed by atoms with Crippen molar-refractivity contribution >= 4 is 5.91 Å². The minimum atomic E-state index is -0.370. The third kappa shape index (κ3) is 2.84. The molecule has 1 saturated heterocycles. The van der Waals surface area contributed by atoms with Gasteiger partial charge in [-0.15, -0.1) is 0 Å². The summed E-state index contributed by atoms with van der Waals surface area (Å²) in [6.45, 7) is 5.48. The number of aromatic nitrogens is 1. The molecule has 2 N–H and O–H groups in total. The molecule has 1 aliphatic rings. The Bertz CT molecular complexity index is 356. The van der Waals surface area contributed by atoms with Gasteiger partial charge in [0.1, 0.15) is 0 Å². The molecule has 0 radical (unpaired) electrons. The van der Waals surface area contributed by atoms with E-state index in [0.29, 0.717) is 5.56 Å². The molecule has 16 heavy (non-hydrogen) atoms. The van der Waals surface area contributed by atoms with E-state index in [1.807, 2.05) is 10.8 Å². The highest BCUT2D eigenvalue weighted by Gasteiger charge is 2.10. The maximum atomic E-state index is 10.9. The molecule has 0 aromatic carbocycles. The van der Waals surface area contributed by atoms with Crippen LogP contribution in [0.25, 0.3) is 0 Å². The SMILES string of the molecule is NC(=O)c1ccn(CCN2CCOCC2)c1. The molecule has 5 heteroatoms. The summed E-state index contributed by atoms with van der Waals surface area (Å²) in [6.07, 6.45) is 3.68. The largest absolute Gasteiger partial charge is 0.379 e. The summed E-state index contributed by atoms with van der Waals surface area (Å²) in [5.41, 5.74) is 5.76. The van der Waals surface area contributed by atoms with Crippen LogP contribution in [0.1, 0.15) is 10.4 Å². The lowest BCUT2D eigenvalue weighted by Crippen LogP contribution is -2.38. The van der Waals surface area contributed by atoms with Gasteiger partial charge in [-0.25, -0.2) is 0 Å². The summed E-state index contributed by atoms with van der Waals surface area (Å²) in [5, 5.41) is 0. The Morgan fingerprint density at radius 1 is 1.38 bits per heavy atom. The second-order valence-corrected chi connectivity index (χ2v) is 3.96. The van der Waals surface area contributed by atoms with Gasteiger partial charge in [0.2, 0.25) is 5.91 Å². The molecule has 1 amide bonds. The number of primary amides is 1. The first kappa shape index (κ1) is 11.2. The second kappa shape index (κ2) is 5.14. The summed E-state index contributed by atoms with van der Waals surface area (Å²) in [6, 6.07) is 1.75. The van der Waals surface area contributed by atoms with Gasteiger partial charge in [-0.05, 0) is 6.07 Å². The van der Waals surface area contributed by atoms with Gasteiger partial charge in [-0.1, -0.05) is 0 Å². The van der Waals surface area contributed by atoms with Crippen molar-refractivity contribution in [2.75, 3.05) is 32.8 Å². The van der Waals surface area contributed by atoms with Gasteiger partial charge >= 0.3 is 0 Å². The van der Waals surface area contributed by atoms with Crippen molar-refractivity contribution < 1.29 is 9.53 Å². The van der Waals surface area contributed by atoms with Crippen LogP contribution in [0.3, 0.4) is 0 Å². The topological polar surface area (TPSA) is 60.5 Å². The van der Waals surface area contributed by atoms with E-state index in [2.05, 4.69) is 4.90 Å². The number of amides is 1. The molecule has 5 nitrogen and oxygen atoms in total. The summed E-state index contributed by atoms with van der Waals surface area (Å²) >= 11 is 0. The van der Waals surface area contributed by atoms with Crippen molar-refractivity contribution in [1.29, 1.82) is 0 Å². The second-order valence-electron chi connectivity index (χ2n) is 3.96. The third-order valence-corrected chi connectivity index (χ3v) is 2.81. The zero-order valence-electron chi connectivity index (χ0n) is 9.26. The molecule has 0 atom stereocenters. The summed E-state index contributed by atoms with van der Waals surface area (Å²) < 4.78 is 7.27. The lowest BCUT2D eigenvalue weighted by atomic mass is 10.3. The molecule has 0 saturated carbocycles. The van der Waals surface area contributed by atoms with Crippen LogP contribution in [0.15, 0.2) is 18.5 Å². The van der Waals surface area contributed by atoms with Crippen LogP contribution in [0.4, 0.5) is 0 Å². The van der Waals surface area contributed by atoms with E-state index in [4.69, 9.17) is 10.5 Å². The number of carbonyl (C=O) groups is 1. The van der Waals surface area contributed by atoms with Crippen LogP contribution >= 0.6 is 0 Å². The fourth-order valence-corrected chi connectivity index (χ4v) is 1.81. The van der Waals surface area contributed by atoms with E-state index in [0.717, 1.165) is 39.4 Å². The number of carbonyl (C=O) groups excluding carboxylic acids is 1. The van der Waals surface area contributed by atoms with Crippen LogP contribution in [-0.2, 0) is 11.3 Å². The molecule has 1 fully saturated rings. The Morgan fingerprint density at radius 3 is 2.75 bits per heavy atom. The van der Waals surface area contributed by atoms with E-state index in [-0.39, 0.29) is 5.91 Å². The highest BCUT2D eigenvalue weighted by atomic mass is 16.5. The highest BCUT2D eigenvalue weighted by Crippen LogP contribution is 2.02. The van der Waals surface area contributed by atoms with Gasteiger partial charge in [-0.2, -0.15) is 0 Å². The van der Waals surface area contributed by atoms with E-state index in [1.54, 1.807) is 12.3 Å². The molecule has 2 heterocycles. The van der Waals surface area contributed by atoms with Crippen molar-refractivity contribution in [2.45, 2.75) is 6.54 Å². The minimum absolute atomic E-state index is 0.370. The Hall–Kier alpha value is -1.33. The van der Waals surface area contributed by atoms with Crippen molar-refractivity contribution in [2.24, 2.45) is 5.73 Å². The molecular formula is C11H17N3O2. The Morgan fingerprint density at radius 2 is 2.12 bits per heavy atom. The smallest absolute Gasteiger partial charge is 0.250 e. The number of hydrogen-bond donors (Lipinski definition) is 1. The van der Waals surface area contributed by atoms with Crippen LogP contribution in [0.2, 0.25) is 0 Å². The summed E-state index contributed by atoms with van der Waals surface area (Å²) in [7, 11) is 0. The van der Waals surface area contributed by atoms with Gasteiger partial charge < -0.3 is 15.0 Å². The summed E-state index contributed by atoms with van der Waals surface area (Å²) in [5.74, 6) is -0.370. The van der Waals surface area contributed by atoms with Crippen LogP contribution in [0.5, 0.6) is 0 Å². The zero-order chi connectivity index (χ0) is 11.4. The zero-order valence-corrected chi connectivity index (χ0v) is 9.26. The van der Waals surface area contributed by atoms with Crippen molar-refractivity contribution in [3.05, 3.63) is 24.0 Å². The Labute approximate surface area is 94.8 Å². The molecule has 1 aliphatic heterocycles. The van der Waals surface area contributed by atoms with Crippen LogP contribution in [0, 0.1) is 0 Å². The summed E-state index contributed by atoms with van der Waals surface area (Å²) in [4.78, 5) is 13.3. The fraction of sp³-hybridized carbons (Fsp3) is 0.545. The molecule has 1 aromatic rings. The molecule has 1 aromatic heterocycles. The van der Waals surface area contributed by atoms with Gasteiger partial charge in [-0.3, -0.25) is 9.69 Å². The molecule has 0 aliphatic carbocycles. The van der Waals surface area contributed by atoms with Crippen molar-refractivity contribution in [1.82, 2.24) is 9.47 Å². The number of nitrogens with two attached hydrogens (primary N) is 1. The first-order valence-corrected chi connectivity index (χ1v) is 5.51. The molecular weight excluding hydrogens is 206 g/mol. The lowest BCUT2D eigenvalue weighted by Gasteiger charge is -2.26. The van der Waals surface area contributed by atoms with Crippen LogP contribution < -0.4 is 5.73 Å². The van der Waals surface area contributed by atoms with E-state index in [9.17, 15) is 4.79 Å². The lowest BCUT2D eigenvalue weighted by molar-refractivity contribution is 0.0364. The number of ether oxygens (including phenoxy) is 1. The number of morpholine rings is 1. The van der Waals surface area contributed by atoms with E-state index >= 15 is 0 Å². The van der Waals surface area contributed by atoms with E-state index in [1.165, 1.54) is 0 Å². The fourth-order valence-electron chi connectivity index (χ4n) is 1.81. The quantitative estimate of drug-likeness (QED) is 0.776. The van der Waals surface area contributed by atoms with Crippen molar-refractivity contribution in [3.63, 3.8) is 0 Å². The molecule has 0 bridgehead atoms. The Balaban J connectivity index is 1.81. The maximum absolute atomic E-state index is 10.9. The number of nitrogens with zero attached hydrogens (tertiary/aromatic N) is 2. The predicted molar refractivity (Wildman–Crippen MR) is 60.2 cm³/mol. The molecule has 88 valence electrons. The Kier molecular flexibility index (Phi) is 3.58. The van der Waals surface area contributed by atoms with Crippen LogP contribution in [-0.4, -0.2) is 48.2 Å². The number of hydrogen-bond acceptors (Lipinski definition) is 3. The molecule has 0 spiro atoms. The molecule has 2 rings (SSSR count). The number of rotatable bonds is 4. The normalized spacial score (nSPS) is 17.5. The van der Waals surface area contributed by atoms with E-state index < -0.39 is 0 Å². The molecule has 0 unspecified atom stereocenters. The van der Waals surface area contributed by atoms with Gasteiger partial charge in [0, 0.05) is 38.6 Å². The van der Waals surface area contributed by atoms with Gasteiger partial charge in [0.25, 0.3) is 0 Å². The minimum Gasteiger partial charge on any atom is -0.379 e. The van der Waals surface area contributed by atoms with Crippen molar-refractivity contribution in [3.8, 4) is 0 Å². The first-order valence-electron chi connectivity index (χ1n) is 5.51. The predicted octanol–water partition coefficient (Wildman–Crippen LogP) is -0.0808. The average Bonchev–Trinajstić information content (AvgIpc) is 2.76. The first-order chi connectivity index (χ1) is 7.75. The van der Waals surface area contributed by atoms with Gasteiger partial charge in [0.15, 0.2) is 0 Å². The monoisotopic (exact) mass is 223 g/mol. The maximum Gasteiger partial charge on any atom is 0.250 e. The van der Waals surface area contributed by atoms with Gasteiger partial charge in [0.05, 0.1) is 18.8 Å². The average molecular weight is 223 g/mol. The highest BCUT2D eigenvalue weighted by molar-refractivity contribution is 5.92.